The van der Waals surface area contributed by atoms with Crippen molar-refractivity contribution >= 4 is 23.2 Å². The smallest absolute Gasteiger partial charge is 0.255 e. The minimum absolute atomic E-state index is 0.0288. The Hall–Kier alpha value is -2.62. The van der Waals surface area contributed by atoms with Gasteiger partial charge in [0, 0.05) is 30.4 Å². The van der Waals surface area contributed by atoms with Crippen LogP contribution in [0.25, 0.3) is 0 Å². The van der Waals surface area contributed by atoms with Crippen LogP contribution in [-0.2, 0) is 11.2 Å². The first-order chi connectivity index (χ1) is 10.6. The number of hydrogen-bond acceptors (Lipinski definition) is 2. The van der Waals surface area contributed by atoms with Crippen LogP contribution in [0.3, 0.4) is 0 Å². The SMILES string of the molecule is CC(=O)N1CCc2ccc(NC(=O)c3ccccc3C)cc21. The van der Waals surface area contributed by atoms with Crippen molar-refractivity contribution in [3.8, 4) is 0 Å². The van der Waals surface area contributed by atoms with Crippen molar-refractivity contribution < 1.29 is 9.59 Å². The second-order valence-electron chi connectivity index (χ2n) is 5.53. The summed E-state index contributed by atoms with van der Waals surface area (Å²) in [6, 6.07) is 13.2. The van der Waals surface area contributed by atoms with Crippen molar-refractivity contribution in [3.63, 3.8) is 0 Å². The third-order valence-electron chi connectivity index (χ3n) is 4.01. The fraction of sp³-hybridized carbons (Fsp3) is 0.222. The Labute approximate surface area is 129 Å². The molecule has 4 heteroatoms. The lowest BCUT2D eigenvalue weighted by molar-refractivity contribution is -0.116. The fourth-order valence-electron chi connectivity index (χ4n) is 2.81. The number of rotatable bonds is 2. The Kier molecular flexibility index (Phi) is 3.67. The minimum atomic E-state index is -0.134. The van der Waals surface area contributed by atoms with Gasteiger partial charge in [-0.05, 0) is 42.7 Å². The molecule has 0 fully saturated rings. The highest BCUT2D eigenvalue weighted by molar-refractivity contribution is 6.06. The van der Waals surface area contributed by atoms with Gasteiger partial charge in [-0.1, -0.05) is 24.3 Å². The second kappa shape index (κ2) is 5.64. The van der Waals surface area contributed by atoms with Crippen LogP contribution in [0.15, 0.2) is 42.5 Å². The van der Waals surface area contributed by atoms with Crippen molar-refractivity contribution in [2.24, 2.45) is 0 Å². The van der Waals surface area contributed by atoms with Gasteiger partial charge >= 0.3 is 0 Å². The van der Waals surface area contributed by atoms with Crippen LogP contribution in [-0.4, -0.2) is 18.4 Å². The van der Waals surface area contributed by atoms with E-state index in [9.17, 15) is 9.59 Å². The number of benzene rings is 2. The molecule has 1 N–H and O–H groups in total. The van der Waals surface area contributed by atoms with E-state index in [-0.39, 0.29) is 11.8 Å². The molecule has 0 unspecified atom stereocenters. The van der Waals surface area contributed by atoms with Gasteiger partial charge in [0.25, 0.3) is 5.91 Å². The summed E-state index contributed by atoms with van der Waals surface area (Å²) < 4.78 is 0. The van der Waals surface area contributed by atoms with Gasteiger partial charge in [-0.3, -0.25) is 9.59 Å². The zero-order valence-corrected chi connectivity index (χ0v) is 12.7. The molecule has 0 aliphatic carbocycles. The highest BCUT2D eigenvalue weighted by Gasteiger charge is 2.22. The summed E-state index contributed by atoms with van der Waals surface area (Å²) in [4.78, 5) is 25.8. The molecule has 0 aromatic heterocycles. The standard InChI is InChI=1S/C18H18N2O2/c1-12-5-3-4-6-16(12)18(22)19-15-8-7-14-9-10-20(13(2)21)17(14)11-15/h3-8,11H,9-10H2,1-2H3,(H,19,22). The number of anilines is 2. The molecule has 1 heterocycles. The van der Waals surface area contributed by atoms with E-state index in [1.165, 1.54) is 0 Å². The van der Waals surface area contributed by atoms with Crippen LogP contribution in [0, 0.1) is 6.92 Å². The van der Waals surface area contributed by atoms with E-state index >= 15 is 0 Å². The van der Waals surface area contributed by atoms with E-state index in [4.69, 9.17) is 0 Å². The average molecular weight is 294 g/mol. The number of carbonyl (C=O) groups is 2. The Morgan fingerprint density at radius 3 is 2.64 bits per heavy atom. The summed E-state index contributed by atoms with van der Waals surface area (Å²) in [5.74, 6) is -0.105. The van der Waals surface area contributed by atoms with Crippen molar-refractivity contribution in [1.29, 1.82) is 0 Å². The summed E-state index contributed by atoms with van der Waals surface area (Å²) in [6.45, 7) is 4.18. The van der Waals surface area contributed by atoms with Crippen molar-refractivity contribution in [2.45, 2.75) is 20.3 Å². The molecule has 2 aromatic carbocycles. The first-order valence-corrected chi connectivity index (χ1v) is 7.34. The molecule has 1 aliphatic heterocycles. The van der Waals surface area contributed by atoms with E-state index in [0.717, 1.165) is 23.2 Å². The summed E-state index contributed by atoms with van der Waals surface area (Å²) in [5.41, 5.74) is 4.34. The van der Waals surface area contributed by atoms with Crippen LogP contribution in [0.2, 0.25) is 0 Å². The highest BCUT2D eigenvalue weighted by Crippen LogP contribution is 2.31. The normalized spacial score (nSPS) is 12.9. The maximum Gasteiger partial charge on any atom is 0.255 e. The molecule has 0 radical (unpaired) electrons. The molecule has 0 spiro atoms. The van der Waals surface area contributed by atoms with E-state index in [1.54, 1.807) is 17.9 Å². The molecule has 2 amide bonds. The van der Waals surface area contributed by atoms with E-state index in [2.05, 4.69) is 5.32 Å². The Morgan fingerprint density at radius 1 is 1.14 bits per heavy atom. The molecule has 2 aromatic rings. The number of fused-ring (bicyclic) bond motifs is 1. The van der Waals surface area contributed by atoms with Crippen molar-refractivity contribution in [2.75, 3.05) is 16.8 Å². The van der Waals surface area contributed by atoms with Gasteiger partial charge in [0.1, 0.15) is 0 Å². The fourth-order valence-corrected chi connectivity index (χ4v) is 2.81. The number of amides is 2. The van der Waals surface area contributed by atoms with Crippen LogP contribution >= 0.6 is 0 Å². The van der Waals surface area contributed by atoms with E-state index < -0.39 is 0 Å². The van der Waals surface area contributed by atoms with Gasteiger partial charge in [-0.2, -0.15) is 0 Å². The zero-order valence-electron chi connectivity index (χ0n) is 12.7. The van der Waals surface area contributed by atoms with Crippen LogP contribution in [0.5, 0.6) is 0 Å². The molecule has 112 valence electrons. The quantitative estimate of drug-likeness (QED) is 0.925. The molecule has 4 nitrogen and oxygen atoms in total. The van der Waals surface area contributed by atoms with E-state index in [1.807, 2.05) is 43.3 Å². The zero-order chi connectivity index (χ0) is 15.7. The Morgan fingerprint density at radius 2 is 1.91 bits per heavy atom. The second-order valence-corrected chi connectivity index (χ2v) is 5.53. The van der Waals surface area contributed by atoms with Crippen LogP contribution in [0.4, 0.5) is 11.4 Å². The number of carbonyl (C=O) groups excluding carboxylic acids is 2. The van der Waals surface area contributed by atoms with Crippen molar-refractivity contribution in [1.82, 2.24) is 0 Å². The third kappa shape index (κ3) is 2.60. The highest BCUT2D eigenvalue weighted by atomic mass is 16.2. The Balaban J connectivity index is 1.85. The molecule has 0 saturated heterocycles. The van der Waals surface area contributed by atoms with Gasteiger partial charge < -0.3 is 10.2 Å². The molecular formula is C18H18N2O2. The first-order valence-electron chi connectivity index (χ1n) is 7.34. The van der Waals surface area contributed by atoms with Gasteiger partial charge in [0.15, 0.2) is 0 Å². The van der Waals surface area contributed by atoms with Crippen LogP contribution < -0.4 is 10.2 Å². The average Bonchev–Trinajstić information content (AvgIpc) is 2.91. The lowest BCUT2D eigenvalue weighted by Crippen LogP contribution is -2.25. The molecule has 0 saturated carbocycles. The third-order valence-corrected chi connectivity index (χ3v) is 4.01. The molecular weight excluding hydrogens is 276 g/mol. The van der Waals surface area contributed by atoms with Crippen molar-refractivity contribution in [3.05, 3.63) is 59.2 Å². The number of nitrogens with zero attached hydrogens (tertiary/aromatic N) is 1. The van der Waals surface area contributed by atoms with E-state index in [0.29, 0.717) is 17.8 Å². The van der Waals surface area contributed by atoms with Gasteiger partial charge in [-0.25, -0.2) is 0 Å². The number of aryl methyl sites for hydroxylation is 1. The van der Waals surface area contributed by atoms with Gasteiger partial charge in [0.2, 0.25) is 5.91 Å². The van der Waals surface area contributed by atoms with Gasteiger partial charge in [-0.15, -0.1) is 0 Å². The maximum absolute atomic E-state index is 12.4. The minimum Gasteiger partial charge on any atom is -0.322 e. The molecule has 3 rings (SSSR count). The summed E-state index contributed by atoms with van der Waals surface area (Å²) in [6.07, 6.45) is 0.862. The monoisotopic (exact) mass is 294 g/mol. The van der Waals surface area contributed by atoms with Crippen LogP contribution in [0.1, 0.15) is 28.4 Å². The topological polar surface area (TPSA) is 49.4 Å². The summed E-state index contributed by atoms with van der Waals surface area (Å²) in [5, 5.41) is 2.91. The first kappa shape index (κ1) is 14.3. The van der Waals surface area contributed by atoms with Gasteiger partial charge in [0.05, 0.1) is 0 Å². The number of nitrogens with one attached hydrogen (secondary N) is 1. The Bertz CT molecular complexity index is 753. The molecule has 0 bridgehead atoms. The molecule has 1 aliphatic rings. The lowest BCUT2D eigenvalue weighted by Gasteiger charge is -2.16. The summed E-state index contributed by atoms with van der Waals surface area (Å²) >= 11 is 0. The predicted octanol–water partition coefficient (Wildman–Crippen LogP) is 3.16. The maximum atomic E-state index is 12.4. The largest absolute Gasteiger partial charge is 0.322 e. The predicted molar refractivity (Wildman–Crippen MR) is 87.3 cm³/mol. The lowest BCUT2D eigenvalue weighted by atomic mass is 10.1. The molecule has 22 heavy (non-hydrogen) atoms. The summed E-state index contributed by atoms with van der Waals surface area (Å²) in [7, 11) is 0. The number of hydrogen-bond donors (Lipinski definition) is 1. The molecule has 0 atom stereocenters.